The summed E-state index contributed by atoms with van der Waals surface area (Å²) in [5.41, 5.74) is 2.27. The van der Waals surface area contributed by atoms with Crippen molar-refractivity contribution in [2.45, 2.75) is 56.8 Å². The molecule has 1 N–H and O–H groups in total. The van der Waals surface area contributed by atoms with Crippen LogP contribution in [0.1, 0.15) is 36.8 Å². The summed E-state index contributed by atoms with van der Waals surface area (Å²) >= 11 is 0. The maximum absolute atomic E-state index is 12.6. The van der Waals surface area contributed by atoms with Gasteiger partial charge < -0.3 is 19.5 Å². The number of hydrogen-bond acceptors (Lipinski definition) is 5. The average molecular weight is 408 g/mol. The average Bonchev–Trinajstić information content (AvgIpc) is 3.30. The lowest BCUT2D eigenvalue weighted by molar-refractivity contribution is -0.121. The lowest BCUT2D eigenvalue weighted by Crippen LogP contribution is -2.50. The Morgan fingerprint density at radius 1 is 1.03 bits per heavy atom. The summed E-state index contributed by atoms with van der Waals surface area (Å²) in [7, 11) is 1.65. The Morgan fingerprint density at radius 2 is 1.73 bits per heavy atom. The summed E-state index contributed by atoms with van der Waals surface area (Å²) in [6.45, 7) is 1.24. The van der Waals surface area contributed by atoms with Crippen molar-refractivity contribution in [3.63, 3.8) is 0 Å². The summed E-state index contributed by atoms with van der Waals surface area (Å²) in [6.07, 6.45) is 4.88. The second-order valence-electron chi connectivity index (χ2n) is 8.51. The van der Waals surface area contributed by atoms with Gasteiger partial charge in [0, 0.05) is 24.7 Å². The summed E-state index contributed by atoms with van der Waals surface area (Å²) in [5, 5.41) is 3.28. The molecule has 0 spiro atoms. The third-order valence-corrected chi connectivity index (χ3v) is 6.58. The van der Waals surface area contributed by atoms with Gasteiger partial charge in [-0.15, -0.1) is 0 Å². The molecule has 2 saturated heterocycles. The first-order valence-corrected chi connectivity index (χ1v) is 10.7. The van der Waals surface area contributed by atoms with Gasteiger partial charge in [-0.25, -0.2) is 0 Å². The smallest absolute Gasteiger partial charge is 0.231 e. The molecule has 2 atom stereocenters. The zero-order valence-corrected chi connectivity index (χ0v) is 17.3. The van der Waals surface area contributed by atoms with E-state index in [2.05, 4.69) is 22.3 Å². The molecule has 2 unspecified atom stereocenters. The van der Waals surface area contributed by atoms with E-state index in [0.717, 1.165) is 42.2 Å². The maximum Gasteiger partial charge on any atom is 0.231 e. The largest absolute Gasteiger partial charge is 0.497 e. The second-order valence-corrected chi connectivity index (χ2v) is 8.51. The van der Waals surface area contributed by atoms with Crippen LogP contribution < -0.4 is 19.5 Å². The van der Waals surface area contributed by atoms with Crippen molar-refractivity contribution in [2.75, 3.05) is 13.9 Å². The van der Waals surface area contributed by atoms with Crippen LogP contribution in [0.4, 0.5) is 0 Å². The fraction of sp³-hybridized carbons (Fsp3) is 0.458. The van der Waals surface area contributed by atoms with Gasteiger partial charge in [-0.1, -0.05) is 18.2 Å². The molecule has 0 saturated carbocycles. The van der Waals surface area contributed by atoms with Gasteiger partial charge in [0.15, 0.2) is 11.5 Å². The van der Waals surface area contributed by atoms with E-state index in [9.17, 15) is 4.79 Å². The van der Waals surface area contributed by atoms with E-state index >= 15 is 0 Å². The Kier molecular flexibility index (Phi) is 5.25. The standard InChI is InChI=1S/C24H28N2O4/c1-28-21-7-2-16(3-8-21)11-24(27)25-18-12-19-5-6-20(13-18)26(19)14-17-4-9-22-23(10-17)30-15-29-22/h2-4,7-10,18-20H,5-6,11-15H2,1H3,(H,25,27). The fourth-order valence-electron chi connectivity index (χ4n) is 5.11. The van der Waals surface area contributed by atoms with Gasteiger partial charge in [-0.3, -0.25) is 9.69 Å². The minimum Gasteiger partial charge on any atom is -0.497 e. The molecule has 30 heavy (non-hydrogen) atoms. The van der Waals surface area contributed by atoms with Crippen LogP contribution in [0.2, 0.25) is 0 Å². The number of piperidine rings is 1. The molecule has 3 aliphatic heterocycles. The van der Waals surface area contributed by atoms with Gasteiger partial charge in [0.25, 0.3) is 0 Å². The van der Waals surface area contributed by atoms with Crippen LogP contribution in [0.15, 0.2) is 42.5 Å². The number of nitrogens with zero attached hydrogens (tertiary/aromatic N) is 1. The summed E-state index contributed by atoms with van der Waals surface area (Å²) < 4.78 is 16.1. The van der Waals surface area contributed by atoms with Crippen LogP contribution in [-0.4, -0.2) is 42.8 Å². The van der Waals surface area contributed by atoms with Crippen LogP contribution in [0.3, 0.4) is 0 Å². The number of fused-ring (bicyclic) bond motifs is 3. The molecule has 158 valence electrons. The van der Waals surface area contributed by atoms with E-state index < -0.39 is 0 Å². The van der Waals surface area contributed by atoms with Crippen LogP contribution in [0.25, 0.3) is 0 Å². The van der Waals surface area contributed by atoms with Crippen molar-refractivity contribution >= 4 is 5.91 Å². The normalized spacial score (nSPS) is 24.6. The zero-order chi connectivity index (χ0) is 20.5. The number of rotatable bonds is 6. The quantitative estimate of drug-likeness (QED) is 0.795. The molecule has 3 aliphatic rings. The molecule has 6 nitrogen and oxygen atoms in total. The first-order chi connectivity index (χ1) is 14.7. The van der Waals surface area contributed by atoms with E-state index in [1.54, 1.807) is 7.11 Å². The topological polar surface area (TPSA) is 60.0 Å². The Morgan fingerprint density at radius 3 is 2.47 bits per heavy atom. The van der Waals surface area contributed by atoms with Crippen LogP contribution in [0, 0.1) is 0 Å². The highest BCUT2D eigenvalue weighted by Gasteiger charge is 2.41. The van der Waals surface area contributed by atoms with Gasteiger partial charge in [-0.05, 0) is 61.1 Å². The third-order valence-electron chi connectivity index (χ3n) is 6.58. The number of nitrogens with one attached hydrogen (secondary N) is 1. The summed E-state index contributed by atoms with van der Waals surface area (Å²) in [5.74, 6) is 2.60. The van der Waals surface area contributed by atoms with Gasteiger partial charge in [0.1, 0.15) is 5.75 Å². The van der Waals surface area contributed by atoms with Crippen molar-refractivity contribution in [1.29, 1.82) is 0 Å². The minimum absolute atomic E-state index is 0.105. The van der Waals surface area contributed by atoms with E-state index in [1.165, 1.54) is 18.4 Å². The molecule has 2 fully saturated rings. The Balaban J connectivity index is 1.16. The molecule has 2 aromatic carbocycles. The number of benzene rings is 2. The van der Waals surface area contributed by atoms with Crippen molar-refractivity contribution < 1.29 is 19.0 Å². The monoisotopic (exact) mass is 408 g/mol. The highest BCUT2D eigenvalue weighted by molar-refractivity contribution is 5.78. The van der Waals surface area contributed by atoms with E-state index in [1.807, 2.05) is 30.3 Å². The molecular weight excluding hydrogens is 380 g/mol. The van der Waals surface area contributed by atoms with Crippen molar-refractivity contribution in [3.05, 3.63) is 53.6 Å². The van der Waals surface area contributed by atoms with Gasteiger partial charge in [0.05, 0.1) is 13.5 Å². The highest BCUT2D eigenvalue weighted by atomic mass is 16.7. The van der Waals surface area contributed by atoms with Crippen LogP contribution in [0.5, 0.6) is 17.2 Å². The highest BCUT2D eigenvalue weighted by Crippen LogP contribution is 2.38. The molecule has 0 aromatic heterocycles. The van der Waals surface area contributed by atoms with Crippen LogP contribution in [-0.2, 0) is 17.8 Å². The summed E-state index contributed by atoms with van der Waals surface area (Å²) in [6, 6.07) is 15.3. The number of carbonyl (C=O) groups is 1. The molecule has 5 rings (SSSR count). The van der Waals surface area contributed by atoms with E-state index in [0.29, 0.717) is 25.3 Å². The predicted molar refractivity (Wildman–Crippen MR) is 113 cm³/mol. The molecule has 2 aromatic rings. The molecule has 0 aliphatic carbocycles. The predicted octanol–water partition coefficient (Wildman–Crippen LogP) is 3.28. The van der Waals surface area contributed by atoms with Gasteiger partial charge >= 0.3 is 0 Å². The molecule has 2 bridgehead atoms. The summed E-state index contributed by atoms with van der Waals surface area (Å²) in [4.78, 5) is 15.2. The second kappa shape index (κ2) is 8.19. The Labute approximate surface area is 177 Å². The number of hydrogen-bond donors (Lipinski definition) is 1. The number of ether oxygens (including phenoxy) is 3. The van der Waals surface area contributed by atoms with Crippen molar-refractivity contribution in [1.82, 2.24) is 10.2 Å². The lowest BCUT2D eigenvalue weighted by atomic mass is 9.96. The number of carbonyl (C=O) groups excluding carboxylic acids is 1. The van der Waals surface area contributed by atoms with E-state index in [4.69, 9.17) is 14.2 Å². The minimum atomic E-state index is 0.105. The Hall–Kier alpha value is -2.73. The van der Waals surface area contributed by atoms with Gasteiger partial charge in [-0.2, -0.15) is 0 Å². The fourth-order valence-corrected chi connectivity index (χ4v) is 5.11. The lowest BCUT2D eigenvalue weighted by Gasteiger charge is -2.39. The Bertz CT molecular complexity index is 900. The van der Waals surface area contributed by atoms with Crippen LogP contribution >= 0.6 is 0 Å². The molecule has 1 amide bonds. The van der Waals surface area contributed by atoms with Gasteiger partial charge in [0.2, 0.25) is 12.7 Å². The third kappa shape index (κ3) is 3.97. The first-order valence-electron chi connectivity index (χ1n) is 10.7. The molecular formula is C24H28N2O4. The number of amides is 1. The maximum atomic E-state index is 12.6. The van der Waals surface area contributed by atoms with Crippen molar-refractivity contribution in [3.8, 4) is 17.2 Å². The zero-order valence-electron chi connectivity index (χ0n) is 17.3. The first kappa shape index (κ1) is 19.2. The molecule has 3 heterocycles. The number of methoxy groups -OCH3 is 1. The SMILES string of the molecule is COc1ccc(CC(=O)NC2CC3CCC(C2)N3Cc2ccc3c(c2)OCO3)cc1. The molecule has 0 radical (unpaired) electrons. The van der Waals surface area contributed by atoms with Crippen molar-refractivity contribution in [2.24, 2.45) is 0 Å². The van der Waals surface area contributed by atoms with E-state index in [-0.39, 0.29) is 11.9 Å². The molecule has 6 heteroatoms.